The highest BCUT2D eigenvalue weighted by Gasteiger charge is 2.30. The Bertz CT molecular complexity index is 1080. The second kappa shape index (κ2) is 8.00. The van der Waals surface area contributed by atoms with Gasteiger partial charge in [0.2, 0.25) is 15.7 Å². The number of aromatic nitrogens is 4. The van der Waals surface area contributed by atoms with Crippen molar-refractivity contribution in [2.75, 3.05) is 36.8 Å². The van der Waals surface area contributed by atoms with E-state index in [1.807, 2.05) is 30.3 Å². The lowest BCUT2D eigenvalue weighted by Crippen LogP contribution is -2.50. The molecule has 0 unspecified atom stereocenters. The van der Waals surface area contributed by atoms with Gasteiger partial charge in [-0.05, 0) is 34.7 Å². The largest absolute Gasteiger partial charge is 0.368 e. The molecule has 150 valence electrons. The minimum atomic E-state index is -3.99. The van der Waals surface area contributed by atoms with Gasteiger partial charge in [0, 0.05) is 31.9 Å². The van der Waals surface area contributed by atoms with Crippen LogP contribution < -0.4 is 4.90 Å². The van der Waals surface area contributed by atoms with Crippen molar-refractivity contribution in [2.45, 2.75) is 5.16 Å². The van der Waals surface area contributed by atoms with E-state index < -0.39 is 21.5 Å². The zero-order valence-electron chi connectivity index (χ0n) is 15.6. The van der Waals surface area contributed by atoms with Crippen LogP contribution in [0.25, 0.3) is 5.69 Å². The summed E-state index contributed by atoms with van der Waals surface area (Å²) in [5, 5.41) is 10.6. The minimum absolute atomic E-state index is 0.333. The molecule has 1 aromatic heterocycles. The Morgan fingerprint density at radius 2 is 1.45 bits per heavy atom. The van der Waals surface area contributed by atoms with Gasteiger partial charge in [-0.2, -0.15) is 4.68 Å². The van der Waals surface area contributed by atoms with Crippen LogP contribution in [0.3, 0.4) is 0 Å². The standard InChI is InChI=1S/C19H20N6O3S/c26-18(24-13-11-23(12-14-24)16-7-3-1-4-8-16)15-29(27,28)19-20-21-22-25(19)17-9-5-2-6-10-17/h1-10H,11-15H2. The quantitative estimate of drug-likeness (QED) is 0.610. The molecule has 10 heteroatoms. The van der Waals surface area contributed by atoms with Crippen LogP contribution in [0, 0.1) is 0 Å². The molecule has 0 N–H and O–H groups in total. The summed E-state index contributed by atoms with van der Waals surface area (Å²) in [4.78, 5) is 16.4. The number of piperazine rings is 1. The summed E-state index contributed by atoms with van der Waals surface area (Å²) in [6.45, 7) is 2.23. The van der Waals surface area contributed by atoms with Crippen LogP contribution in [0.15, 0.2) is 65.8 Å². The number of nitrogens with zero attached hydrogens (tertiary/aromatic N) is 6. The van der Waals surface area contributed by atoms with Crippen molar-refractivity contribution in [1.82, 2.24) is 25.1 Å². The summed E-state index contributed by atoms with van der Waals surface area (Å²) in [6, 6.07) is 18.6. The molecule has 0 saturated carbocycles. The van der Waals surface area contributed by atoms with Gasteiger partial charge in [0.05, 0.1) is 5.69 Å². The van der Waals surface area contributed by atoms with Gasteiger partial charge in [-0.1, -0.05) is 41.5 Å². The van der Waals surface area contributed by atoms with Crippen molar-refractivity contribution in [3.05, 3.63) is 60.7 Å². The highest BCUT2D eigenvalue weighted by Crippen LogP contribution is 2.17. The maximum atomic E-state index is 12.8. The van der Waals surface area contributed by atoms with E-state index in [1.165, 1.54) is 0 Å². The average molecular weight is 412 g/mol. The highest BCUT2D eigenvalue weighted by molar-refractivity contribution is 7.91. The molecule has 1 amide bonds. The summed E-state index contributed by atoms with van der Waals surface area (Å²) < 4.78 is 26.7. The van der Waals surface area contributed by atoms with Crippen molar-refractivity contribution >= 4 is 21.4 Å². The normalized spacial score (nSPS) is 14.8. The number of anilines is 1. The van der Waals surface area contributed by atoms with E-state index >= 15 is 0 Å². The molecule has 0 bridgehead atoms. The van der Waals surface area contributed by atoms with E-state index in [2.05, 4.69) is 20.4 Å². The van der Waals surface area contributed by atoms with Crippen LogP contribution in [0.4, 0.5) is 5.69 Å². The van der Waals surface area contributed by atoms with Gasteiger partial charge in [0.1, 0.15) is 5.75 Å². The van der Waals surface area contributed by atoms with E-state index in [4.69, 9.17) is 0 Å². The van der Waals surface area contributed by atoms with Crippen LogP contribution in [0.2, 0.25) is 0 Å². The molecular formula is C19H20N6O3S. The number of tetrazole rings is 1. The Morgan fingerprint density at radius 1 is 0.862 bits per heavy atom. The number of rotatable bonds is 5. The number of benzene rings is 2. The third-order valence-corrected chi connectivity index (χ3v) is 6.22. The van der Waals surface area contributed by atoms with Gasteiger partial charge < -0.3 is 9.80 Å². The molecular weight excluding hydrogens is 392 g/mol. The lowest BCUT2D eigenvalue weighted by Gasteiger charge is -2.36. The van der Waals surface area contributed by atoms with Crippen LogP contribution in [0.5, 0.6) is 0 Å². The number of sulfone groups is 1. The van der Waals surface area contributed by atoms with Gasteiger partial charge in [-0.25, -0.2) is 8.42 Å². The Kier molecular flexibility index (Phi) is 5.26. The van der Waals surface area contributed by atoms with E-state index in [-0.39, 0.29) is 5.16 Å². The first-order valence-corrected chi connectivity index (χ1v) is 10.8. The number of para-hydroxylation sites is 2. The van der Waals surface area contributed by atoms with Crippen LogP contribution in [-0.4, -0.2) is 71.4 Å². The third-order valence-electron chi connectivity index (χ3n) is 4.79. The van der Waals surface area contributed by atoms with Crippen molar-refractivity contribution in [1.29, 1.82) is 0 Å². The fourth-order valence-electron chi connectivity index (χ4n) is 3.28. The van der Waals surface area contributed by atoms with Gasteiger partial charge in [-0.3, -0.25) is 4.79 Å². The first-order valence-electron chi connectivity index (χ1n) is 9.19. The van der Waals surface area contributed by atoms with E-state index in [0.29, 0.717) is 31.9 Å². The number of hydrogen-bond donors (Lipinski definition) is 0. The van der Waals surface area contributed by atoms with E-state index in [9.17, 15) is 13.2 Å². The Labute approximate surface area is 168 Å². The van der Waals surface area contributed by atoms with Gasteiger partial charge in [-0.15, -0.1) is 0 Å². The summed E-state index contributed by atoms with van der Waals surface area (Å²) >= 11 is 0. The van der Waals surface area contributed by atoms with Gasteiger partial charge in [0.25, 0.3) is 5.16 Å². The number of carbonyl (C=O) groups excluding carboxylic acids is 1. The molecule has 2 aromatic carbocycles. The average Bonchev–Trinajstić information content (AvgIpc) is 3.26. The molecule has 29 heavy (non-hydrogen) atoms. The van der Waals surface area contributed by atoms with Crippen molar-refractivity contribution in [3.63, 3.8) is 0 Å². The molecule has 0 spiro atoms. The Hall–Kier alpha value is -3.27. The highest BCUT2D eigenvalue weighted by atomic mass is 32.2. The summed E-state index contributed by atoms with van der Waals surface area (Å²) in [7, 11) is -3.99. The SMILES string of the molecule is O=C(CS(=O)(=O)c1nnnn1-c1ccccc1)N1CCN(c2ccccc2)CC1. The summed E-state index contributed by atoms with van der Waals surface area (Å²) in [6.07, 6.45) is 0. The van der Waals surface area contributed by atoms with E-state index in [1.54, 1.807) is 35.2 Å². The molecule has 2 heterocycles. The van der Waals surface area contributed by atoms with Crippen LogP contribution in [-0.2, 0) is 14.6 Å². The molecule has 1 saturated heterocycles. The Morgan fingerprint density at radius 3 is 2.07 bits per heavy atom. The fourth-order valence-corrected chi connectivity index (χ4v) is 4.48. The Balaban J connectivity index is 1.43. The number of carbonyl (C=O) groups is 1. The lowest BCUT2D eigenvalue weighted by molar-refractivity contribution is -0.128. The number of amides is 1. The van der Waals surface area contributed by atoms with Crippen LogP contribution in [0.1, 0.15) is 0 Å². The molecule has 9 nitrogen and oxygen atoms in total. The number of hydrogen-bond acceptors (Lipinski definition) is 7. The first kappa shape index (κ1) is 19.1. The topological polar surface area (TPSA) is 101 Å². The third kappa shape index (κ3) is 4.11. The summed E-state index contributed by atoms with van der Waals surface area (Å²) in [5.41, 5.74) is 1.61. The molecule has 1 aliphatic rings. The molecule has 0 radical (unpaired) electrons. The van der Waals surface area contributed by atoms with Gasteiger partial charge >= 0.3 is 0 Å². The fraction of sp³-hybridized carbons (Fsp3) is 0.263. The molecule has 0 aliphatic carbocycles. The molecule has 1 fully saturated rings. The van der Waals surface area contributed by atoms with Crippen molar-refractivity contribution in [3.8, 4) is 5.69 Å². The smallest absolute Gasteiger partial charge is 0.272 e. The molecule has 0 atom stereocenters. The van der Waals surface area contributed by atoms with Crippen molar-refractivity contribution in [2.24, 2.45) is 0 Å². The van der Waals surface area contributed by atoms with E-state index in [0.717, 1.165) is 10.4 Å². The zero-order chi connectivity index (χ0) is 20.3. The molecule has 1 aliphatic heterocycles. The monoisotopic (exact) mass is 412 g/mol. The maximum Gasteiger partial charge on any atom is 0.272 e. The second-order valence-corrected chi connectivity index (χ2v) is 8.55. The zero-order valence-corrected chi connectivity index (χ0v) is 16.4. The van der Waals surface area contributed by atoms with Crippen molar-refractivity contribution < 1.29 is 13.2 Å². The predicted octanol–water partition coefficient (Wildman–Crippen LogP) is 0.785. The molecule has 4 rings (SSSR count). The first-order chi connectivity index (χ1) is 14.0. The molecule has 3 aromatic rings. The predicted molar refractivity (Wildman–Crippen MR) is 106 cm³/mol. The minimum Gasteiger partial charge on any atom is -0.368 e. The second-order valence-electron chi connectivity index (χ2n) is 6.67. The van der Waals surface area contributed by atoms with Gasteiger partial charge in [0.15, 0.2) is 0 Å². The summed E-state index contributed by atoms with van der Waals surface area (Å²) in [5.74, 6) is -1.11. The lowest BCUT2D eigenvalue weighted by atomic mass is 10.2. The maximum absolute atomic E-state index is 12.8. The van der Waals surface area contributed by atoms with Crippen LogP contribution >= 0.6 is 0 Å².